The van der Waals surface area contributed by atoms with Gasteiger partial charge in [0.15, 0.2) is 0 Å². The van der Waals surface area contributed by atoms with Crippen molar-refractivity contribution in [3.05, 3.63) is 56.9 Å². The first-order valence-electron chi connectivity index (χ1n) is 7.48. The van der Waals surface area contributed by atoms with Gasteiger partial charge in [-0.2, -0.15) is 0 Å². The van der Waals surface area contributed by atoms with Crippen LogP contribution in [0.25, 0.3) is 0 Å². The van der Waals surface area contributed by atoms with Gasteiger partial charge in [-0.1, -0.05) is 6.07 Å². The molecule has 1 fully saturated rings. The Kier molecular flexibility index (Phi) is 4.76. The Morgan fingerprint density at radius 1 is 1.14 bits per heavy atom. The van der Waals surface area contributed by atoms with Crippen LogP contribution in [-0.2, 0) is 0 Å². The van der Waals surface area contributed by atoms with Crippen molar-refractivity contribution >= 4 is 40.2 Å². The zero-order valence-electron chi connectivity index (χ0n) is 12.5. The molecule has 3 rings (SSSR count). The normalized spacial score (nSPS) is 15.0. The molecule has 1 aliphatic heterocycles. The summed E-state index contributed by atoms with van der Waals surface area (Å²) in [6.07, 6.45) is 4.02. The van der Waals surface area contributed by atoms with E-state index in [0.29, 0.717) is 5.69 Å². The predicted octanol–water partition coefficient (Wildman–Crippen LogP) is 5.09. The van der Waals surface area contributed by atoms with Gasteiger partial charge in [0.2, 0.25) is 0 Å². The first-order chi connectivity index (χ1) is 10.6. The quantitative estimate of drug-likeness (QED) is 0.511. The van der Waals surface area contributed by atoms with Crippen molar-refractivity contribution in [2.24, 2.45) is 4.99 Å². The number of hydrogen-bond acceptors (Lipinski definition) is 2. The van der Waals surface area contributed by atoms with Gasteiger partial charge in [0.25, 0.3) is 0 Å². The molecule has 0 aromatic heterocycles. The van der Waals surface area contributed by atoms with E-state index in [9.17, 15) is 4.39 Å². The molecule has 0 aliphatic carbocycles. The first-order valence-corrected chi connectivity index (χ1v) is 8.56. The summed E-state index contributed by atoms with van der Waals surface area (Å²) in [5.74, 6) is -0.162. The molecule has 0 N–H and O–H groups in total. The largest absolute Gasteiger partial charge is 0.369 e. The highest BCUT2D eigenvalue weighted by Crippen LogP contribution is 2.24. The maximum absolute atomic E-state index is 14.2. The number of hydrogen-bond donors (Lipinski definition) is 0. The number of nitrogens with zero attached hydrogens (tertiary/aromatic N) is 2. The van der Waals surface area contributed by atoms with E-state index < -0.39 is 0 Å². The van der Waals surface area contributed by atoms with Crippen molar-refractivity contribution in [2.75, 3.05) is 18.0 Å². The molecule has 0 saturated carbocycles. The van der Waals surface area contributed by atoms with Crippen LogP contribution in [0.1, 0.15) is 24.0 Å². The smallest absolute Gasteiger partial charge is 0.147 e. The number of benzene rings is 2. The number of rotatable bonds is 3. The molecule has 0 radical (unpaired) electrons. The van der Waals surface area contributed by atoms with Crippen molar-refractivity contribution in [1.82, 2.24) is 0 Å². The second kappa shape index (κ2) is 6.77. The summed E-state index contributed by atoms with van der Waals surface area (Å²) < 4.78 is 15.5. The van der Waals surface area contributed by atoms with Gasteiger partial charge in [0.1, 0.15) is 5.82 Å². The Morgan fingerprint density at radius 3 is 2.59 bits per heavy atom. The Morgan fingerprint density at radius 2 is 1.91 bits per heavy atom. The van der Waals surface area contributed by atoms with Crippen molar-refractivity contribution < 1.29 is 4.39 Å². The summed E-state index contributed by atoms with van der Waals surface area (Å²) in [6, 6.07) is 11.4. The average Bonchev–Trinajstić information content (AvgIpc) is 3.02. The number of aryl methyl sites for hydroxylation is 1. The van der Waals surface area contributed by atoms with Crippen LogP contribution in [0.15, 0.2) is 41.4 Å². The maximum atomic E-state index is 14.2. The molecule has 1 heterocycles. The lowest BCUT2D eigenvalue weighted by molar-refractivity contribution is 0.623. The molecule has 0 atom stereocenters. The third-order valence-corrected chi connectivity index (χ3v) is 5.13. The van der Waals surface area contributed by atoms with Gasteiger partial charge >= 0.3 is 0 Å². The topological polar surface area (TPSA) is 15.6 Å². The molecule has 1 saturated heterocycles. The molecular weight excluding hydrogens is 390 g/mol. The summed E-state index contributed by atoms with van der Waals surface area (Å²) >= 11 is 2.30. The fourth-order valence-electron chi connectivity index (χ4n) is 2.68. The highest BCUT2D eigenvalue weighted by molar-refractivity contribution is 14.1. The van der Waals surface area contributed by atoms with Crippen molar-refractivity contribution in [3.8, 4) is 0 Å². The van der Waals surface area contributed by atoms with Gasteiger partial charge < -0.3 is 4.90 Å². The molecule has 1 aliphatic rings. The fraction of sp³-hybridized carbons (Fsp3) is 0.278. The van der Waals surface area contributed by atoms with Crippen LogP contribution in [0, 0.1) is 16.3 Å². The minimum atomic E-state index is -0.162. The van der Waals surface area contributed by atoms with Crippen molar-refractivity contribution in [3.63, 3.8) is 0 Å². The zero-order chi connectivity index (χ0) is 15.5. The van der Waals surface area contributed by atoms with Gasteiger partial charge in [-0.15, -0.1) is 0 Å². The van der Waals surface area contributed by atoms with Crippen LogP contribution in [-0.4, -0.2) is 19.3 Å². The van der Waals surface area contributed by atoms with Crippen LogP contribution < -0.4 is 4.90 Å². The van der Waals surface area contributed by atoms with E-state index in [2.05, 4.69) is 39.4 Å². The summed E-state index contributed by atoms with van der Waals surface area (Å²) in [5, 5.41) is 0. The number of aliphatic imine (C=N–C) groups is 1. The summed E-state index contributed by atoms with van der Waals surface area (Å²) in [5.41, 5.74) is 3.59. The van der Waals surface area contributed by atoms with Crippen LogP contribution in [0.2, 0.25) is 0 Å². The van der Waals surface area contributed by atoms with E-state index >= 15 is 0 Å². The van der Waals surface area contributed by atoms with Crippen molar-refractivity contribution in [1.29, 1.82) is 0 Å². The lowest BCUT2D eigenvalue weighted by Crippen LogP contribution is -2.18. The molecule has 114 valence electrons. The standard InChI is InChI=1S/C18H18FIN2/c1-13-10-15(5-6-17(13)20)21-12-14-4-7-18(16(19)11-14)22-8-2-3-9-22/h4-7,10-12H,2-3,8-9H2,1H3. The molecule has 0 amide bonds. The summed E-state index contributed by atoms with van der Waals surface area (Å²) in [7, 11) is 0. The van der Waals surface area contributed by atoms with Crippen LogP contribution in [0.4, 0.5) is 15.8 Å². The Hall–Kier alpha value is -1.43. The summed E-state index contributed by atoms with van der Waals surface area (Å²) in [4.78, 5) is 6.55. The van der Waals surface area contributed by atoms with E-state index in [0.717, 1.165) is 37.2 Å². The average molecular weight is 408 g/mol. The van der Waals surface area contributed by atoms with Gasteiger partial charge in [0.05, 0.1) is 11.4 Å². The molecule has 22 heavy (non-hydrogen) atoms. The Bertz CT molecular complexity index is 706. The molecule has 0 spiro atoms. The highest BCUT2D eigenvalue weighted by atomic mass is 127. The first kappa shape index (κ1) is 15.5. The third-order valence-electron chi connectivity index (χ3n) is 3.92. The van der Waals surface area contributed by atoms with E-state index in [1.54, 1.807) is 12.3 Å². The monoisotopic (exact) mass is 408 g/mol. The molecule has 2 aromatic rings. The maximum Gasteiger partial charge on any atom is 0.147 e. The summed E-state index contributed by atoms with van der Waals surface area (Å²) in [6.45, 7) is 3.96. The van der Waals surface area contributed by atoms with E-state index in [1.807, 2.05) is 30.3 Å². The second-order valence-electron chi connectivity index (χ2n) is 5.60. The van der Waals surface area contributed by atoms with Crippen LogP contribution >= 0.6 is 22.6 Å². The van der Waals surface area contributed by atoms with Crippen molar-refractivity contribution in [2.45, 2.75) is 19.8 Å². The number of anilines is 1. The molecule has 4 heteroatoms. The van der Waals surface area contributed by atoms with E-state index in [4.69, 9.17) is 0 Å². The lowest BCUT2D eigenvalue weighted by Gasteiger charge is -2.18. The third kappa shape index (κ3) is 3.48. The molecule has 2 aromatic carbocycles. The lowest BCUT2D eigenvalue weighted by atomic mass is 10.2. The number of halogens is 2. The molecule has 2 nitrogen and oxygen atoms in total. The molecule has 0 bridgehead atoms. The minimum Gasteiger partial charge on any atom is -0.369 e. The SMILES string of the molecule is Cc1cc(N=Cc2ccc(N3CCCC3)c(F)c2)ccc1I. The van der Waals surface area contributed by atoms with E-state index in [-0.39, 0.29) is 5.82 Å². The van der Waals surface area contributed by atoms with Gasteiger partial charge in [0, 0.05) is 22.9 Å². The molecular formula is C18H18FIN2. The second-order valence-corrected chi connectivity index (χ2v) is 6.76. The highest BCUT2D eigenvalue weighted by Gasteiger charge is 2.15. The van der Waals surface area contributed by atoms with Gasteiger partial charge in [-0.3, -0.25) is 4.99 Å². The Labute approximate surface area is 144 Å². The zero-order valence-corrected chi connectivity index (χ0v) is 14.7. The fourth-order valence-corrected chi connectivity index (χ4v) is 3.01. The van der Waals surface area contributed by atoms with Gasteiger partial charge in [-0.25, -0.2) is 4.39 Å². The van der Waals surface area contributed by atoms with Crippen LogP contribution in [0.3, 0.4) is 0 Å². The van der Waals surface area contributed by atoms with Gasteiger partial charge in [-0.05, 0) is 83.8 Å². The predicted molar refractivity (Wildman–Crippen MR) is 99.0 cm³/mol. The molecule has 0 unspecified atom stereocenters. The minimum absolute atomic E-state index is 0.162. The van der Waals surface area contributed by atoms with Crippen LogP contribution in [0.5, 0.6) is 0 Å². The Balaban J connectivity index is 1.78. The van der Waals surface area contributed by atoms with E-state index in [1.165, 1.54) is 9.13 Å².